The number of carbonyl (C=O) groups excluding carboxylic acids is 2. The normalized spacial score (nSPS) is 17.4. The van der Waals surface area contributed by atoms with Crippen LogP contribution in [0.15, 0.2) is 0 Å². The topological polar surface area (TPSA) is 70.2 Å². The molecule has 5 nitrogen and oxygen atoms in total. The maximum atomic E-state index is 11.7. The fourth-order valence-corrected chi connectivity index (χ4v) is 1.97. The first-order valence-corrected chi connectivity index (χ1v) is 6.23. The Hall–Kier alpha value is -1.10. The molecule has 1 aliphatic carbocycles. The second kappa shape index (κ2) is 5.49. The smallest absolute Gasteiger partial charge is 0.321 e. The minimum Gasteiger partial charge on any atom is -0.338 e. The zero-order valence-corrected chi connectivity index (χ0v) is 11.1. The van der Waals surface area contributed by atoms with Gasteiger partial charge in [-0.15, -0.1) is 0 Å². The molecule has 3 amide bonds. The van der Waals surface area contributed by atoms with E-state index in [4.69, 9.17) is 0 Å². The summed E-state index contributed by atoms with van der Waals surface area (Å²) in [6.07, 6.45) is 2.43. The van der Waals surface area contributed by atoms with Crippen LogP contribution in [0.25, 0.3) is 0 Å². The molecule has 0 aromatic rings. The molecule has 98 valence electrons. The summed E-state index contributed by atoms with van der Waals surface area (Å²) in [4.78, 5) is 22.9. The molecule has 0 aromatic carbocycles. The van der Waals surface area contributed by atoms with Crippen molar-refractivity contribution in [2.75, 3.05) is 6.54 Å². The van der Waals surface area contributed by atoms with Crippen molar-refractivity contribution >= 4 is 11.9 Å². The molecule has 0 radical (unpaired) electrons. The molecule has 1 saturated carbocycles. The van der Waals surface area contributed by atoms with Crippen LogP contribution >= 0.6 is 0 Å². The van der Waals surface area contributed by atoms with Crippen molar-refractivity contribution < 1.29 is 9.59 Å². The molecule has 0 saturated heterocycles. The lowest BCUT2D eigenvalue weighted by atomic mass is 9.97. The second-order valence-electron chi connectivity index (χ2n) is 5.21. The summed E-state index contributed by atoms with van der Waals surface area (Å²) in [6.45, 7) is 8.29. The quantitative estimate of drug-likeness (QED) is 0.672. The van der Waals surface area contributed by atoms with Crippen molar-refractivity contribution in [2.45, 2.75) is 52.1 Å². The highest BCUT2D eigenvalue weighted by Gasteiger charge is 2.39. The van der Waals surface area contributed by atoms with Crippen LogP contribution in [-0.4, -0.2) is 30.1 Å². The third-order valence-electron chi connectivity index (χ3n) is 3.15. The molecule has 3 N–H and O–H groups in total. The fourth-order valence-electron chi connectivity index (χ4n) is 1.97. The fraction of sp³-hybridized carbons (Fsp3) is 0.833. The maximum Gasteiger partial charge on any atom is 0.321 e. The van der Waals surface area contributed by atoms with E-state index >= 15 is 0 Å². The zero-order chi connectivity index (χ0) is 13.1. The monoisotopic (exact) mass is 241 g/mol. The molecule has 1 aliphatic rings. The van der Waals surface area contributed by atoms with Gasteiger partial charge < -0.3 is 10.6 Å². The van der Waals surface area contributed by atoms with Crippen LogP contribution in [0.2, 0.25) is 0 Å². The average molecular weight is 241 g/mol. The molecule has 5 heteroatoms. The molecule has 1 atom stereocenters. The van der Waals surface area contributed by atoms with Gasteiger partial charge in [0, 0.05) is 12.1 Å². The highest BCUT2D eigenvalue weighted by atomic mass is 16.2. The molecule has 1 fully saturated rings. The summed E-state index contributed by atoms with van der Waals surface area (Å²) in [7, 11) is 0. The predicted molar refractivity (Wildman–Crippen MR) is 66.6 cm³/mol. The Bertz CT molecular complexity index is 298. The lowest BCUT2D eigenvalue weighted by molar-refractivity contribution is -0.122. The second-order valence-corrected chi connectivity index (χ2v) is 5.21. The number of amides is 3. The van der Waals surface area contributed by atoms with E-state index in [0.29, 0.717) is 12.5 Å². The third kappa shape index (κ3) is 4.34. The molecule has 17 heavy (non-hydrogen) atoms. The summed E-state index contributed by atoms with van der Waals surface area (Å²) in [5.41, 5.74) is -0.0437. The van der Waals surface area contributed by atoms with E-state index in [9.17, 15) is 9.59 Å². The Morgan fingerprint density at radius 3 is 2.41 bits per heavy atom. The Morgan fingerprint density at radius 1 is 1.35 bits per heavy atom. The first-order chi connectivity index (χ1) is 7.86. The summed E-state index contributed by atoms with van der Waals surface area (Å²) in [6, 6.07) is -0.802. The summed E-state index contributed by atoms with van der Waals surface area (Å²) >= 11 is 0. The first kappa shape index (κ1) is 14.0. The standard InChI is InChI=1S/C12H23N3O2/c1-5-13-11(17)14-10(16)8(2)15-12(3,4)9-6-7-9/h8-9,15H,5-7H2,1-4H3,(H2,13,14,16,17). The Balaban J connectivity index is 2.38. The first-order valence-electron chi connectivity index (χ1n) is 6.23. The van der Waals surface area contributed by atoms with E-state index in [-0.39, 0.29) is 17.5 Å². The van der Waals surface area contributed by atoms with Crippen molar-refractivity contribution in [3.63, 3.8) is 0 Å². The van der Waals surface area contributed by atoms with Crippen molar-refractivity contribution in [1.29, 1.82) is 0 Å². The Kier molecular flexibility index (Phi) is 4.51. The van der Waals surface area contributed by atoms with E-state index in [1.807, 2.05) is 6.92 Å². The van der Waals surface area contributed by atoms with Gasteiger partial charge in [0.05, 0.1) is 6.04 Å². The number of hydrogen-bond donors (Lipinski definition) is 3. The number of hydrogen-bond acceptors (Lipinski definition) is 3. The highest BCUT2D eigenvalue weighted by Crippen LogP contribution is 2.39. The van der Waals surface area contributed by atoms with Gasteiger partial charge in [-0.25, -0.2) is 4.79 Å². The van der Waals surface area contributed by atoms with Crippen molar-refractivity contribution in [3.8, 4) is 0 Å². The van der Waals surface area contributed by atoms with E-state index in [1.165, 1.54) is 12.8 Å². The third-order valence-corrected chi connectivity index (χ3v) is 3.15. The van der Waals surface area contributed by atoms with E-state index in [2.05, 4.69) is 29.8 Å². The zero-order valence-electron chi connectivity index (χ0n) is 11.1. The Labute approximate surface area is 103 Å². The highest BCUT2D eigenvalue weighted by molar-refractivity contribution is 5.96. The van der Waals surface area contributed by atoms with Gasteiger partial charge in [0.15, 0.2) is 0 Å². The molecule has 1 unspecified atom stereocenters. The molecular weight excluding hydrogens is 218 g/mol. The van der Waals surface area contributed by atoms with Crippen LogP contribution in [0, 0.1) is 5.92 Å². The van der Waals surface area contributed by atoms with Gasteiger partial charge in [-0.1, -0.05) is 0 Å². The number of carbonyl (C=O) groups is 2. The molecule has 0 bridgehead atoms. The summed E-state index contributed by atoms with van der Waals surface area (Å²) in [5.74, 6) is 0.354. The largest absolute Gasteiger partial charge is 0.338 e. The van der Waals surface area contributed by atoms with Crippen LogP contribution in [0.4, 0.5) is 4.79 Å². The Morgan fingerprint density at radius 2 is 1.94 bits per heavy atom. The maximum absolute atomic E-state index is 11.7. The van der Waals surface area contributed by atoms with Gasteiger partial charge in [-0.05, 0) is 46.5 Å². The molecule has 0 aliphatic heterocycles. The number of nitrogens with one attached hydrogen (secondary N) is 3. The van der Waals surface area contributed by atoms with E-state index < -0.39 is 6.03 Å². The number of rotatable bonds is 5. The van der Waals surface area contributed by atoms with Gasteiger partial charge in [-0.3, -0.25) is 10.1 Å². The van der Waals surface area contributed by atoms with Crippen LogP contribution in [0.3, 0.4) is 0 Å². The van der Waals surface area contributed by atoms with Crippen LogP contribution in [-0.2, 0) is 4.79 Å². The molecule has 0 aromatic heterocycles. The van der Waals surface area contributed by atoms with Crippen LogP contribution in [0.1, 0.15) is 40.5 Å². The van der Waals surface area contributed by atoms with Gasteiger partial charge >= 0.3 is 6.03 Å². The van der Waals surface area contributed by atoms with Crippen molar-refractivity contribution in [3.05, 3.63) is 0 Å². The van der Waals surface area contributed by atoms with Gasteiger partial charge in [0.25, 0.3) is 0 Å². The SMILES string of the molecule is CCNC(=O)NC(=O)C(C)NC(C)(C)C1CC1. The predicted octanol–water partition coefficient (Wildman–Crippen LogP) is 0.999. The summed E-state index contributed by atoms with van der Waals surface area (Å²) in [5, 5.41) is 8.11. The van der Waals surface area contributed by atoms with E-state index in [1.54, 1.807) is 6.92 Å². The lowest BCUT2D eigenvalue weighted by Gasteiger charge is -2.29. The van der Waals surface area contributed by atoms with Crippen LogP contribution < -0.4 is 16.0 Å². The van der Waals surface area contributed by atoms with Gasteiger partial charge in [0.2, 0.25) is 5.91 Å². The van der Waals surface area contributed by atoms with Crippen molar-refractivity contribution in [2.24, 2.45) is 5.92 Å². The van der Waals surface area contributed by atoms with Crippen molar-refractivity contribution in [1.82, 2.24) is 16.0 Å². The molecule has 0 spiro atoms. The molecule has 0 heterocycles. The minimum absolute atomic E-state index is 0.0437. The minimum atomic E-state index is -0.435. The molecule has 1 rings (SSSR count). The summed E-state index contributed by atoms with van der Waals surface area (Å²) < 4.78 is 0. The number of imide groups is 1. The van der Waals surface area contributed by atoms with Crippen LogP contribution in [0.5, 0.6) is 0 Å². The molecular formula is C12H23N3O2. The van der Waals surface area contributed by atoms with Gasteiger partial charge in [-0.2, -0.15) is 0 Å². The number of urea groups is 1. The van der Waals surface area contributed by atoms with E-state index in [0.717, 1.165) is 0 Å². The van der Waals surface area contributed by atoms with Gasteiger partial charge in [0.1, 0.15) is 0 Å². The average Bonchev–Trinajstić information content (AvgIpc) is 2.99. The lowest BCUT2D eigenvalue weighted by Crippen LogP contribution is -2.54.